The molecule has 0 bridgehead atoms. The van der Waals surface area contributed by atoms with E-state index in [1.165, 1.54) is 24.0 Å². The third-order valence-electron chi connectivity index (χ3n) is 5.49. The van der Waals surface area contributed by atoms with E-state index in [2.05, 4.69) is 50.2 Å². The van der Waals surface area contributed by atoms with Gasteiger partial charge in [0.05, 0.1) is 6.04 Å². The number of hydrogen-bond donors (Lipinski definition) is 0. The molecule has 0 aliphatic carbocycles. The van der Waals surface area contributed by atoms with Gasteiger partial charge in [0.1, 0.15) is 6.10 Å². The average molecular weight is 366 g/mol. The van der Waals surface area contributed by atoms with Gasteiger partial charge in [-0.1, -0.05) is 81.3 Å². The molecule has 1 unspecified atom stereocenters. The summed E-state index contributed by atoms with van der Waals surface area (Å²) in [4.78, 5) is 15.0. The summed E-state index contributed by atoms with van der Waals surface area (Å²) in [6.45, 7) is 4.99. The van der Waals surface area contributed by atoms with Crippen molar-refractivity contribution in [3.05, 3.63) is 71.3 Å². The Morgan fingerprint density at radius 3 is 2.56 bits per heavy atom. The molecule has 144 valence electrons. The Kier molecular flexibility index (Phi) is 6.92. The smallest absolute Gasteiger partial charge is 0.410 e. The highest BCUT2D eigenvalue weighted by atomic mass is 16.6. The van der Waals surface area contributed by atoms with Gasteiger partial charge in [-0.25, -0.2) is 4.79 Å². The maximum atomic E-state index is 13.1. The molecule has 0 radical (unpaired) electrons. The molecule has 2 aromatic carbocycles. The van der Waals surface area contributed by atoms with E-state index in [9.17, 15) is 4.79 Å². The zero-order valence-electron chi connectivity index (χ0n) is 16.6. The Balaban J connectivity index is 1.81. The number of unbranched alkanes of at least 4 members (excludes halogenated alkanes) is 2. The monoisotopic (exact) mass is 365 g/mol. The molecule has 0 saturated heterocycles. The molecule has 3 rings (SSSR count). The van der Waals surface area contributed by atoms with Crippen molar-refractivity contribution < 1.29 is 9.53 Å². The number of rotatable bonds is 7. The molecule has 0 N–H and O–H groups in total. The molecule has 0 spiro atoms. The van der Waals surface area contributed by atoms with E-state index in [0.717, 1.165) is 31.2 Å². The van der Waals surface area contributed by atoms with Crippen molar-refractivity contribution in [2.75, 3.05) is 6.54 Å². The SMILES string of the molecule is CCCCCC(CC)OC(=O)N1CCc2ccccc2[C@@H]1c1ccccc1. The lowest BCUT2D eigenvalue weighted by Gasteiger charge is -2.37. The molecular weight excluding hydrogens is 334 g/mol. The minimum atomic E-state index is -0.179. The third-order valence-corrected chi connectivity index (χ3v) is 5.49. The van der Waals surface area contributed by atoms with Gasteiger partial charge in [-0.3, -0.25) is 4.90 Å². The van der Waals surface area contributed by atoms with Gasteiger partial charge in [-0.05, 0) is 42.4 Å². The predicted octanol–water partition coefficient (Wildman–Crippen LogP) is 6.13. The van der Waals surface area contributed by atoms with Crippen LogP contribution in [0.25, 0.3) is 0 Å². The number of carbonyl (C=O) groups is 1. The fraction of sp³-hybridized carbons (Fsp3) is 0.458. The maximum Gasteiger partial charge on any atom is 0.410 e. The van der Waals surface area contributed by atoms with Crippen LogP contribution in [0.15, 0.2) is 54.6 Å². The zero-order chi connectivity index (χ0) is 19.1. The molecule has 2 aromatic rings. The standard InChI is InChI=1S/C24H31NO2/c1-3-5-7-15-21(4-2)27-24(26)25-18-17-19-12-10-11-16-22(19)23(25)20-13-8-6-9-14-20/h6,8-14,16,21,23H,3-5,7,15,17-18H2,1-2H3/t21?,23-/m0/s1. The Morgan fingerprint density at radius 1 is 1.07 bits per heavy atom. The van der Waals surface area contributed by atoms with E-state index in [1.807, 2.05) is 23.1 Å². The average Bonchev–Trinajstić information content (AvgIpc) is 2.72. The Hall–Kier alpha value is -2.29. The Morgan fingerprint density at radius 2 is 1.81 bits per heavy atom. The van der Waals surface area contributed by atoms with Crippen molar-refractivity contribution in [2.45, 2.75) is 64.5 Å². The molecule has 2 atom stereocenters. The van der Waals surface area contributed by atoms with Gasteiger partial charge in [0.25, 0.3) is 0 Å². The van der Waals surface area contributed by atoms with Crippen LogP contribution in [0, 0.1) is 0 Å². The summed E-state index contributed by atoms with van der Waals surface area (Å²) in [6, 6.07) is 18.7. The maximum absolute atomic E-state index is 13.1. The summed E-state index contributed by atoms with van der Waals surface area (Å²) in [5.74, 6) is 0. The van der Waals surface area contributed by atoms with E-state index in [4.69, 9.17) is 4.74 Å². The molecule has 0 saturated carbocycles. The fourth-order valence-electron chi connectivity index (χ4n) is 3.94. The van der Waals surface area contributed by atoms with Crippen LogP contribution in [-0.4, -0.2) is 23.6 Å². The predicted molar refractivity (Wildman–Crippen MR) is 110 cm³/mol. The van der Waals surface area contributed by atoms with Crippen molar-refractivity contribution in [2.24, 2.45) is 0 Å². The van der Waals surface area contributed by atoms with Crippen LogP contribution in [0.1, 0.15) is 68.7 Å². The van der Waals surface area contributed by atoms with Crippen molar-refractivity contribution >= 4 is 6.09 Å². The van der Waals surface area contributed by atoms with Crippen LogP contribution in [0.4, 0.5) is 4.79 Å². The second-order valence-corrected chi connectivity index (χ2v) is 7.37. The normalized spacial score (nSPS) is 17.3. The van der Waals surface area contributed by atoms with Gasteiger partial charge in [0.2, 0.25) is 0 Å². The number of benzene rings is 2. The molecule has 0 fully saturated rings. The molecule has 1 heterocycles. The largest absolute Gasteiger partial charge is 0.446 e. The summed E-state index contributed by atoms with van der Waals surface area (Å²) < 4.78 is 5.94. The lowest BCUT2D eigenvalue weighted by molar-refractivity contribution is 0.0469. The van der Waals surface area contributed by atoms with E-state index in [0.29, 0.717) is 6.54 Å². The molecule has 0 aromatic heterocycles. The summed E-state index contributed by atoms with van der Waals surface area (Å²) in [5.41, 5.74) is 3.68. The summed E-state index contributed by atoms with van der Waals surface area (Å²) in [5, 5.41) is 0. The van der Waals surface area contributed by atoms with Crippen LogP contribution < -0.4 is 0 Å². The van der Waals surface area contributed by atoms with Crippen LogP contribution in [0.5, 0.6) is 0 Å². The quantitative estimate of drug-likeness (QED) is 0.552. The van der Waals surface area contributed by atoms with E-state index < -0.39 is 0 Å². The van der Waals surface area contributed by atoms with Crippen molar-refractivity contribution in [3.8, 4) is 0 Å². The molecule has 1 amide bonds. The van der Waals surface area contributed by atoms with Crippen molar-refractivity contribution in [1.82, 2.24) is 4.90 Å². The lowest BCUT2D eigenvalue weighted by Crippen LogP contribution is -2.42. The van der Waals surface area contributed by atoms with Gasteiger partial charge in [0, 0.05) is 6.54 Å². The summed E-state index contributed by atoms with van der Waals surface area (Å²) in [7, 11) is 0. The first kappa shape index (κ1) is 19.5. The molecular formula is C24H31NO2. The molecule has 27 heavy (non-hydrogen) atoms. The second kappa shape index (κ2) is 9.59. The van der Waals surface area contributed by atoms with E-state index >= 15 is 0 Å². The van der Waals surface area contributed by atoms with Gasteiger partial charge < -0.3 is 4.74 Å². The van der Waals surface area contributed by atoms with E-state index in [-0.39, 0.29) is 18.2 Å². The minimum absolute atomic E-state index is 0.0117. The Labute approximate surface area is 163 Å². The summed E-state index contributed by atoms with van der Waals surface area (Å²) >= 11 is 0. The number of ether oxygens (including phenoxy) is 1. The highest BCUT2D eigenvalue weighted by Gasteiger charge is 2.33. The van der Waals surface area contributed by atoms with Crippen molar-refractivity contribution in [3.63, 3.8) is 0 Å². The van der Waals surface area contributed by atoms with Crippen LogP contribution >= 0.6 is 0 Å². The molecule has 1 aliphatic rings. The molecule has 3 heteroatoms. The first-order valence-corrected chi connectivity index (χ1v) is 10.3. The zero-order valence-corrected chi connectivity index (χ0v) is 16.6. The topological polar surface area (TPSA) is 29.5 Å². The number of carbonyl (C=O) groups excluding carboxylic acids is 1. The highest BCUT2D eigenvalue weighted by Crippen LogP contribution is 2.35. The van der Waals surface area contributed by atoms with Crippen LogP contribution in [0.2, 0.25) is 0 Å². The number of nitrogens with zero attached hydrogens (tertiary/aromatic N) is 1. The first-order chi connectivity index (χ1) is 13.2. The number of fused-ring (bicyclic) bond motifs is 1. The first-order valence-electron chi connectivity index (χ1n) is 10.3. The van der Waals surface area contributed by atoms with Gasteiger partial charge in [0.15, 0.2) is 0 Å². The number of hydrogen-bond acceptors (Lipinski definition) is 2. The molecule has 1 aliphatic heterocycles. The van der Waals surface area contributed by atoms with Gasteiger partial charge >= 0.3 is 6.09 Å². The lowest BCUT2D eigenvalue weighted by atomic mass is 9.88. The number of amides is 1. The van der Waals surface area contributed by atoms with Crippen LogP contribution in [0.3, 0.4) is 0 Å². The molecule has 3 nitrogen and oxygen atoms in total. The minimum Gasteiger partial charge on any atom is -0.446 e. The summed E-state index contributed by atoms with van der Waals surface area (Å²) in [6.07, 6.45) is 6.03. The fourth-order valence-corrected chi connectivity index (χ4v) is 3.94. The second-order valence-electron chi connectivity index (χ2n) is 7.37. The van der Waals surface area contributed by atoms with E-state index in [1.54, 1.807) is 0 Å². The highest BCUT2D eigenvalue weighted by molar-refractivity contribution is 5.70. The van der Waals surface area contributed by atoms with Crippen molar-refractivity contribution in [1.29, 1.82) is 0 Å². The third kappa shape index (κ3) is 4.71. The van der Waals surface area contributed by atoms with Crippen LogP contribution in [-0.2, 0) is 11.2 Å². The Bertz CT molecular complexity index is 728. The van der Waals surface area contributed by atoms with Gasteiger partial charge in [-0.15, -0.1) is 0 Å². The van der Waals surface area contributed by atoms with Gasteiger partial charge in [-0.2, -0.15) is 0 Å².